The zero-order valence-corrected chi connectivity index (χ0v) is 16.9. The summed E-state index contributed by atoms with van der Waals surface area (Å²) in [6.45, 7) is 5.04. The Morgan fingerprint density at radius 3 is 2.41 bits per heavy atom. The predicted octanol–water partition coefficient (Wildman–Crippen LogP) is 4.78. The molecule has 1 N–H and O–H groups in total. The first-order valence-electron chi connectivity index (χ1n) is 10.9. The number of nitrogens with zero attached hydrogens (tertiary/aromatic N) is 2. The van der Waals surface area contributed by atoms with Gasteiger partial charge in [0.2, 0.25) is 0 Å². The third kappa shape index (κ3) is 3.82. The van der Waals surface area contributed by atoms with E-state index in [2.05, 4.69) is 52.5 Å². The Hall–Kier alpha value is -2.59. The molecular formula is C25H29N3O. The number of piperidine rings is 1. The second-order valence-electron chi connectivity index (χ2n) is 8.54. The van der Waals surface area contributed by atoms with E-state index in [0.29, 0.717) is 5.92 Å². The fourth-order valence-corrected chi connectivity index (χ4v) is 4.95. The summed E-state index contributed by atoms with van der Waals surface area (Å²) >= 11 is 0. The largest absolute Gasteiger partial charge is 0.361 e. The van der Waals surface area contributed by atoms with Crippen molar-refractivity contribution in [3.8, 4) is 0 Å². The Bertz CT molecular complexity index is 977. The number of aromatic nitrogens is 1. The van der Waals surface area contributed by atoms with Crippen LogP contribution in [0.3, 0.4) is 0 Å². The summed E-state index contributed by atoms with van der Waals surface area (Å²) in [4.78, 5) is 20.5. The molecule has 3 heterocycles. The minimum atomic E-state index is 0.189. The highest BCUT2D eigenvalue weighted by Gasteiger charge is 2.23. The molecule has 2 saturated heterocycles. The van der Waals surface area contributed by atoms with E-state index >= 15 is 0 Å². The summed E-state index contributed by atoms with van der Waals surface area (Å²) in [6, 6.07) is 16.9. The minimum absolute atomic E-state index is 0.189. The van der Waals surface area contributed by atoms with E-state index in [-0.39, 0.29) is 5.91 Å². The molecule has 0 radical (unpaired) electrons. The van der Waals surface area contributed by atoms with Crippen molar-refractivity contribution in [1.29, 1.82) is 0 Å². The first-order valence-corrected chi connectivity index (χ1v) is 10.9. The van der Waals surface area contributed by atoms with Gasteiger partial charge in [-0.25, -0.2) is 0 Å². The lowest BCUT2D eigenvalue weighted by atomic mass is 9.89. The van der Waals surface area contributed by atoms with Crippen molar-refractivity contribution in [3.63, 3.8) is 0 Å². The second-order valence-corrected chi connectivity index (χ2v) is 8.54. The van der Waals surface area contributed by atoms with Crippen LogP contribution in [0.15, 0.2) is 54.7 Å². The van der Waals surface area contributed by atoms with Crippen molar-refractivity contribution in [2.45, 2.75) is 38.1 Å². The molecule has 1 aromatic heterocycles. The third-order valence-corrected chi connectivity index (χ3v) is 6.65. The van der Waals surface area contributed by atoms with E-state index in [1.807, 2.05) is 17.0 Å². The number of hydrogen-bond donors (Lipinski definition) is 1. The smallest absolute Gasteiger partial charge is 0.253 e. The maximum atomic E-state index is 12.5. The summed E-state index contributed by atoms with van der Waals surface area (Å²) in [5.41, 5.74) is 4.85. The number of nitrogens with one attached hydrogen (secondary N) is 1. The van der Waals surface area contributed by atoms with Crippen LogP contribution in [-0.2, 0) is 6.54 Å². The Morgan fingerprint density at radius 1 is 0.931 bits per heavy atom. The highest BCUT2D eigenvalue weighted by Crippen LogP contribution is 2.33. The first kappa shape index (κ1) is 18.4. The second kappa shape index (κ2) is 8.03. The highest BCUT2D eigenvalue weighted by molar-refractivity contribution is 5.94. The molecule has 2 aliphatic heterocycles. The molecule has 0 atom stereocenters. The molecule has 0 spiro atoms. The van der Waals surface area contributed by atoms with Crippen LogP contribution in [0.25, 0.3) is 10.9 Å². The van der Waals surface area contributed by atoms with E-state index in [1.165, 1.54) is 34.9 Å². The quantitative estimate of drug-likeness (QED) is 0.699. The van der Waals surface area contributed by atoms with Crippen LogP contribution in [0.2, 0.25) is 0 Å². The number of rotatable bonds is 4. The van der Waals surface area contributed by atoms with Gasteiger partial charge in [0, 0.05) is 42.3 Å². The number of amides is 1. The van der Waals surface area contributed by atoms with Gasteiger partial charge < -0.3 is 9.88 Å². The molecule has 0 unspecified atom stereocenters. The summed E-state index contributed by atoms with van der Waals surface area (Å²) in [6.07, 6.45) is 6.89. The predicted molar refractivity (Wildman–Crippen MR) is 117 cm³/mol. The lowest BCUT2D eigenvalue weighted by Crippen LogP contribution is -2.32. The van der Waals surface area contributed by atoms with Crippen molar-refractivity contribution >= 4 is 16.8 Å². The molecular weight excluding hydrogens is 358 g/mol. The summed E-state index contributed by atoms with van der Waals surface area (Å²) in [7, 11) is 0. The Morgan fingerprint density at radius 2 is 1.66 bits per heavy atom. The number of aromatic amines is 1. The summed E-state index contributed by atoms with van der Waals surface area (Å²) < 4.78 is 0. The zero-order valence-electron chi connectivity index (χ0n) is 16.9. The van der Waals surface area contributed by atoms with Crippen molar-refractivity contribution in [1.82, 2.24) is 14.8 Å². The normalized spacial score (nSPS) is 18.6. The average molecular weight is 388 g/mol. The maximum Gasteiger partial charge on any atom is 0.253 e. The van der Waals surface area contributed by atoms with Gasteiger partial charge in [-0.1, -0.05) is 30.3 Å². The van der Waals surface area contributed by atoms with Crippen LogP contribution < -0.4 is 0 Å². The molecule has 2 aromatic carbocycles. The number of hydrogen-bond acceptors (Lipinski definition) is 2. The van der Waals surface area contributed by atoms with Crippen molar-refractivity contribution in [2.75, 3.05) is 26.2 Å². The van der Waals surface area contributed by atoms with Crippen LogP contribution in [0.5, 0.6) is 0 Å². The van der Waals surface area contributed by atoms with Gasteiger partial charge in [0.1, 0.15) is 0 Å². The summed E-state index contributed by atoms with van der Waals surface area (Å²) in [5, 5.41) is 1.38. The van der Waals surface area contributed by atoms with Gasteiger partial charge in [-0.2, -0.15) is 0 Å². The molecule has 0 bridgehead atoms. The van der Waals surface area contributed by atoms with Crippen molar-refractivity contribution in [3.05, 3.63) is 71.4 Å². The van der Waals surface area contributed by atoms with Crippen LogP contribution >= 0.6 is 0 Å². The molecule has 3 aromatic rings. The van der Waals surface area contributed by atoms with E-state index in [1.54, 1.807) is 0 Å². The number of para-hydroxylation sites is 1. The van der Waals surface area contributed by atoms with E-state index < -0.39 is 0 Å². The molecule has 4 nitrogen and oxygen atoms in total. The molecule has 2 fully saturated rings. The molecule has 5 rings (SSSR count). The van der Waals surface area contributed by atoms with Gasteiger partial charge in [-0.15, -0.1) is 0 Å². The molecule has 0 saturated carbocycles. The van der Waals surface area contributed by atoms with Gasteiger partial charge in [-0.05, 0) is 74.0 Å². The Balaban J connectivity index is 1.18. The standard InChI is InChI=1S/C25H29N3O/c29-25(28-13-3-4-14-28)21-9-7-19(8-10-21)18-27-15-11-20(12-16-27)23-17-26-24-6-2-1-5-22(23)24/h1-2,5-10,17,20,26H,3-4,11-16,18H2. The number of fused-ring (bicyclic) bond motifs is 1. The topological polar surface area (TPSA) is 39.3 Å². The van der Waals surface area contributed by atoms with E-state index in [9.17, 15) is 4.79 Å². The Labute approximate surface area is 172 Å². The molecule has 4 heteroatoms. The maximum absolute atomic E-state index is 12.5. The molecule has 150 valence electrons. The zero-order chi connectivity index (χ0) is 19.6. The molecule has 2 aliphatic rings. The van der Waals surface area contributed by atoms with Gasteiger partial charge in [0.15, 0.2) is 0 Å². The van der Waals surface area contributed by atoms with Gasteiger partial charge in [0.05, 0.1) is 0 Å². The van der Waals surface area contributed by atoms with E-state index in [0.717, 1.165) is 51.1 Å². The number of H-pyrrole nitrogens is 1. The molecule has 29 heavy (non-hydrogen) atoms. The number of likely N-dealkylation sites (tertiary alicyclic amines) is 2. The Kier molecular flexibility index (Phi) is 5.11. The highest BCUT2D eigenvalue weighted by atomic mass is 16.2. The van der Waals surface area contributed by atoms with Gasteiger partial charge in [-0.3, -0.25) is 9.69 Å². The molecule has 1 amide bonds. The third-order valence-electron chi connectivity index (χ3n) is 6.65. The molecule has 0 aliphatic carbocycles. The number of benzene rings is 2. The van der Waals surface area contributed by atoms with E-state index in [4.69, 9.17) is 0 Å². The average Bonchev–Trinajstić information content (AvgIpc) is 3.45. The minimum Gasteiger partial charge on any atom is -0.361 e. The van der Waals surface area contributed by atoms with Crippen LogP contribution in [-0.4, -0.2) is 46.9 Å². The van der Waals surface area contributed by atoms with Crippen LogP contribution in [0.1, 0.15) is 53.1 Å². The van der Waals surface area contributed by atoms with Crippen LogP contribution in [0.4, 0.5) is 0 Å². The summed E-state index contributed by atoms with van der Waals surface area (Å²) in [5.74, 6) is 0.830. The van der Waals surface area contributed by atoms with Crippen LogP contribution in [0, 0.1) is 0 Å². The van der Waals surface area contributed by atoms with Crippen molar-refractivity contribution in [2.24, 2.45) is 0 Å². The van der Waals surface area contributed by atoms with Gasteiger partial charge in [0.25, 0.3) is 5.91 Å². The van der Waals surface area contributed by atoms with Gasteiger partial charge >= 0.3 is 0 Å². The lowest BCUT2D eigenvalue weighted by molar-refractivity contribution is 0.0793. The SMILES string of the molecule is O=C(c1ccc(CN2CCC(c3c[nH]c4ccccc34)CC2)cc1)N1CCCC1. The number of carbonyl (C=O) groups excluding carboxylic acids is 1. The fourth-order valence-electron chi connectivity index (χ4n) is 4.95. The first-order chi connectivity index (χ1) is 14.3. The fraction of sp³-hybridized carbons (Fsp3) is 0.400. The van der Waals surface area contributed by atoms with Crippen molar-refractivity contribution < 1.29 is 4.79 Å². The monoisotopic (exact) mass is 387 g/mol. The lowest BCUT2D eigenvalue weighted by Gasteiger charge is -2.32. The number of carbonyl (C=O) groups is 1.